The van der Waals surface area contributed by atoms with Gasteiger partial charge in [0, 0.05) is 34.1 Å². The molecule has 0 spiro atoms. The van der Waals surface area contributed by atoms with E-state index in [0.717, 1.165) is 16.9 Å². The van der Waals surface area contributed by atoms with Gasteiger partial charge in [0.1, 0.15) is 0 Å². The Morgan fingerprint density at radius 1 is 0.288 bits per heavy atom. The second kappa shape index (κ2) is 17.1. The number of fused-ring (bicyclic) bond motifs is 6. The van der Waals surface area contributed by atoms with Crippen molar-refractivity contribution in [1.29, 1.82) is 0 Å². The summed E-state index contributed by atoms with van der Waals surface area (Å²) in [5, 5.41) is 4.97. The van der Waals surface area contributed by atoms with E-state index in [0.29, 0.717) is 0 Å². The highest BCUT2D eigenvalue weighted by Gasteiger charge is 2.44. The third-order valence-corrected chi connectivity index (χ3v) is 15.5. The van der Waals surface area contributed by atoms with E-state index in [-0.39, 0.29) is 17.5 Å². The van der Waals surface area contributed by atoms with Crippen LogP contribution < -0.4 is 26.2 Å². The minimum Gasteiger partial charge on any atom is -0.311 e. The molecule has 0 aliphatic carbocycles. The number of benzene rings is 11. The highest BCUT2D eigenvalue weighted by atomic mass is 15.2. The van der Waals surface area contributed by atoms with Gasteiger partial charge in [-0.1, -0.05) is 211 Å². The summed E-state index contributed by atoms with van der Waals surface area (Å²) in [6.45, 7) is 13.9. The molecule has 3 heteroatoms. The van der Waals surface area contributed by atoms with Crippen LogP contribution in [0.15, 0.2) is 237 Å². The Bertz CT molecular complexity index is 3860. The monoisotopic (exact) mass is 936 g/mol. The van der Waals surface area contributed by atoms with E-state index in [1.54, 1.807) is 0 Å². The highest BCUT2D eigenvalue weighted by Crippen LogP contribution is 2.49. The molecule has 0 radical (unpaired) electrons. The van der Waals surface area contributed by atoms with E-state index in [9.17, 15) is 0 Å². The molecule has 11 aromatic carbocycles. The van der Waals surface area contributed by atoms with Crippen LogP contribution in [0.1, 0.15) is 52.7 Å². The van der Waals surface area contributed by atoms with Gasteiger partial charge >= 0.3 is 0 Å². The van der Waals surface area contributed by atoms with E-state index in [2.05, 4.69) is 288 Å². The Hall–Kier alpha value is -8.40. The van der Waals surface area contributed by atoms with Gasteiger partial charge in [0.05, 0.1) is 0 Å². The molecule has 2 heterocycles. The Labute approximate surface area is 431 Å². The van der Waals surface area contributed by atoms with E-state index >= 15 is 0 Å². The van der Waals surface area contributed by atoms with Crippen LogP contribution in [0.4, 0.5) is 34.1 Å². The second-order valence-corrected chi connectivity index (χ2v) is 22.1. The number of anilines is 6. The van der Waals surface area contributed by atoms with Gasteiger partial charge in [-0.05, 0) is 171 Å². The highest BCUT2D eigenvalue weighted by molar-refractivity contribution is 7.00. The van der Waals surface area contributed by atoms with Gasteiger partial charge < -0.3 is 9.80 Å². The Morgan fingerprint density at radius 2 is 0.712 bits per heavy atom. The number of hydrogen-bond acceptors (Lipinski definition) is 2. The summed E-state index contributed by atoms with van der Waals surface area (Å²) in [6.07, 6.45) is 0. The van der Waals surface area contributed by atoms with Crippen LogP contribution in [0.2, 0.25) is 0 Å². The molecule has 13 rings (SSSR count). The number of rotatable bonds is 6. The number of nitrogens with zero attached hydrogens (tertiary/aromatic N) is 2. The van der Waals surface area contributed by atoms with Crippen molar-refractivity contribution in [2.75, 3.05) is 9.80 Å². The lowest BCUT2D eigenvalue weighted by molar-refractivity contribution is 0.590. The molecule has 2 nitrogen and oxygen atoms in total. The Kier molecular flexibility index (Phi) is 10.5. The fourth-order valence-corrected chi connectivity index (χ4v) is 11.9. The van der Waals surface area contributed by atoms with E-state index < -0.39 is 0 Å². The van der Waals surface area contributed by atoms with Gasteiger partial charge in [0.2, 0.25) is 0 Å². The molecule has 73 heavy (non-hydrogen) atoms. The van der Waals surface area contributed by atoms with Crippen LogP contribution in [0, 0.1) is 0 Å². The molecule has 0 saturated carbocycles. The smallest absolute Gasteiger partial charge is 0.252 e. The maximum absolute atomic E-state index is 2.54. The van der Waals surface area contributed by atoms with Gasteiger partial charge in [0.25, 0.3) is 6.71 Å². The zero-order valence-electron chi connectivity index (χ0n) is 42.5. The summed E-state index contributed by atoms with van der Waals surface area (Å²) in [5.74, 6) is 0. The molecule has 0 saturated heterocycles. The third-order valence-electron chi connectivity index (χ3n) is 15.5. The molecule has 11 aromatic rings. The number of hydrogen-bond donors (Lipinski definition) is 0. The molecule has 0 fully saturated rings. The first-order chi connectivity index (χ1) is 35.5. The van der Waals surface area contributed by atoms with Crippen molar-refractivity contribution in [2.45, 2.75) is 52.4 Å². The fourth-order valence-electron chi connectivity index (χ4n) is 11.9. The van der Waals surface area contributed by atoms with Crippen LogP contribution in [0.25, 0.3) is 66.1 Å². The molecule has 2 aliphatic rings. The molecular weight excluding hydrogens is 880 g/mol. The average molecular weight is 937 g/mol. The van der Waals surface area contributed by atoms with Crippen molar-refractivity contribution in [3.05, 3.63) is 248 Å². The van der Waals surface area contributed by atoms with E-state index in [1.165, 1.54) is 111 Å². The van der Waals surface area contributed by atoms with E-state index in [4.69, 9.17) is 0 Å². The lowest BCUT2D eigenvalue weighted by Gasteiger charge is -2.44. The van der Waals surface area contributed by atoms with E-state index in [1.807, 2.05) is 0 Å². The molecule has 0 bridgehead atoms. The lowest BCUT2D eigenvalue weighted by Crippen LogP contribution is -2.61. The van der Waals surface area contributed by atoms with Crippen molar-refractivity contribution >= 4 is 78.8 Å². The van der Waals surface area contributed by atoms with Gasteiger partial charge in [-0.3, -0.25) is 0 Å². The summed E-state index contributed by atoms with van der Waals surface area (Å²) in [6, 6.07) is 88.9. The largest absolute Gasteiger partial charge is 0.311 e. The topological polar surface area (TPSA) is 6.48 Å². The van der Waals surface area contributed by atoms with Gasteiger partial charge in [0.15, 0.2) is 0 Å². The molecule has 0 atom stereocenters. The molecule has 0 unspecified atom stereocenters. The maximum atomic E-state index is 2.54. The predicted octanol–water partition coefficient (Wildman–Crippen LogP) is 17.3. The first-order valence-corrected chi connectivity index (χ1v) is 25.9. The maximum Gasteiger partial charge on any atom is 0.252 e. The fraction of sp³-hybridized carbons (Fsp3) is 0.114. The SMILES string of the molecule is CC(C)(C)c1cccc(-c2cc(-c3cc4c5c(c3)N(c3ccccc3)c3ccc(C(C)(C)C)cc3B5c3ccccc3N4c3ccccc3)cc(-c3c4ccccc4c(-c4ccccc4)c4ccccc34)c2)c1. The van der Waals surface area contributed by atoms with Crippen molar-refractivity contribution in [1.82, 2.24) is 0 Å². The van der Waals surface area contributed by atoms with Crippen molar-refractivity contribution < 1.29 is 0 Å². The molecule has 0 aromatic heterocycles. The third kappa shape index (κ3) is 7.48. The first kappa shape index (κ1) is 44.5. The minimum absolute atomic E-state index is 0.00960. The van der Waals surface area contributed by atoms with Gasteiger partial charge in [-0.2, -0.15) is 0 Å². The molecule has 2 aliphatic heterocycles. The zero-order valence-corrected chi connectivity index (χ0v) is 42.5. The summed E-state index contributed by atoms with van der Waals surface area (Å²) < 4.78 is 0. The molecular formula is C70H57BN2. The lowest BCUT2D eigenvalue weighted by atomic mass is 9.33. The summed E-state index contributed by atoms with van der Waals surface area (Å²) in [5.41, 5.74) is 23.3. The molecule has 0 amide bonds. The Morgan fingerprint density at radius 3 is 1.27 bits per heavy atom. The van der Waals surface area contributed by atoms with Crippen molar-refractivity contribution in [3.8, 4) is 44.5 Å². The van der Waals surface area contributed by atoms with Crippen LogP contribution in [-0.2, 0) is 10.8 Å². The predicted molar refractivity (Wildman–Crippen MR) is 315 cm³/mol. The summed E-state index contributed by atoms with van der Waals surface area (Å²) in [4.78, 5) is 5.06. The van der Waals surface area contributed by atoms with Crippen molar-refractivity contribution in [3.63, 3.8) is 0 Å². The second-order valence-electron chi connectivity index (χ2n) is 22.1. The van der Waals surface area contributed by atoms with Crippen LogP contribution in [0.3, 0.4) is 0 Å². The molecule has 350 valence electrons. The first-order valence-electron chi connectivity index (χ1n) is 25.9. The van der Waals surface area contributed by atoms with Crippen LogP contribution in [0.5, 0.6) is 0 Å². The van der Waals surface area contributed by atoms with Crippen molar-refractivity contribution in [2.24, 2.45) is 0 Å². The quantitative estimate of drug-likeness (QED) is 0.121. The Balaban J connectivity index is 1.14. The standard InChI is InChI=1S/C70H57BN2/c1-69(2,3)52-26-22-25-47(42-52)48-39-49(41-51(40-48)67-58-33-18-16-31-56(58)66(46-23-10-7-11-24-46)57-32-17-19-34-59(57)67)50-43-64-68-65(44-50)73(55-29-14-9-15-30-55)63-38-37-53(70(4,5)6)45-61(63)71(68)60-35-20-21-36-62(60)72(64)54-27-12-8-13-28-54/h7-45H,1-6H3. The zero-order chi connectivity index (χ0) is 49.6. The van der Waals surface area contributed by atoms with Gasteiger partial charge in [-0.25, -0.2) is 0 Å². The normalized spacial score (nSPS) is 13.0. The van der Waals surface area contributed by atoms with Crippen LogP contribution in [-0.4, -0.2) is 6.71 Å². The number of para-hydroxylation sites is 3. The van der Waals surface area contributed by atoms with Gasteiger partial charge in [-0.15, -0.1) is 0 Å². The summed E-state index contributed by atoms with van der Waals surface area (Å²) in [7, 11) is 0. The average Bonchev–Trinajstić information content (AvgIpc) is 3.42. The van der Waals surface area contributed by atoms with Crippen LogP contribution >= 0.6 is 0 Å². The molecule has 0 N–H and O–H groups in total. The minimum atomic E-state index is -0.0303. The summed E-state index contributed by atoms with van der Waals surface area (Å²) >= 11 is 0.